The predicted molar refractivity (Wildman–Crippen MR) is 77.3 cm³/mol. The van der Waals surface area contributed by atoms with Crippen molar-refractivity contribution in [2.45, 2.75) is 46.6 Å². The Hall–Kier alpha value is -2.16. The minimum atomic E-state index is -0.136. The molecule has 1 aromatic rings. The molecular weight excluding hydrogens is 254 g/mol. The van der Waals surface area contributed by atoms with Crippen molar-refractivity contribution in [3.63, 3.8) is 0 Å². The number of carbonyl (C=O) groups is 1. The second-order valence-corrected chi connectivity index (χ2v) is 4.74. The molecule has 0 aromatic carbocycles. The monoisotopic (exact) mass is 275 g/mol. The van der Waals surface area contributed by atoms with Crippen molar-refractivity contribution in [1.82, 2.24) is 15.5 Å². The molecule has 6 heteroatoms. The Morgan fingerprint density at radius 3 is 2.50 bits per heavy atom. The number of anilines is 1. The standard InChI is InChI=1S/C14H21N5O/c1-5-10-11(7-15)14(19-18-12(10)6-2)16-8-13(20)17-9(3)4/h9H,5-6,8H2,1-4H3,(H,16,19)(H,17,20). The Morgan fingerprint density at radius 1 is 1.30 bits per heavy atom. The third kappa shape index (κ3) is 3.92. The number of aryl methyl sites for hydroxylation is 1. The van der Waals surface area contributed by atoms with E-state index >= 15 is 0 Å². The zero-order chi connectivity index (χ0) is 15.1. The molecule has 0 aliphatic carbocycles. The van der Waals surface area contributed by atoms with Gasteiger partial charge in [-0.15, -0.1) is 5.10 Å². The Bertz CT molecular complexity index is 519. The molecule has 0 fully saturated rings. The average Bonchev–Trinajstić information content (AvgIpc) is 2.42. The molecule has 0 atom stereocenters. The smallest absolute Gasteiger partial charge is 0.239 e. The Morgan fingerprint density at radius 2 is 2.00 bits per heavy atom. The Kier molecular flexibility index (Phi) is 5.91. The Balaban J connectivity index is 2.91. The summed E-state index contributed by atoms with van der Waals surface area (Å²) in [6.07, 6.45) is 1.45. The average molecular weight is 275 g/mol. The molecule has 0 spiro atoms. The van der Waals surface area contributed by atoms with E-state index in [0.29, 0.717) is 17.8 Å². The van der Waals surface area contributed by atoms with Crippen LogP contribution in [0.3, 0.4) is 0 Å². The molecule has 0 aliphatic rings. The van der Waals surface area contributed by atoms with E-state index in [9.17, 15) is 10.1 Å². The summed E-state index contributed by atoms with van der Waals surface area (Å²) in [6.45, 7) is 7.82. The van der Waals surface area contributed by atoms with Crippen LogP contribution in [0.5, 0.6) is 0 Å². The van der Waals surface area contributed by atoms with Crippen LogP contribution in [-0.2, 0) is 17.6 Å². The fourth-order valence-electron chi connectivity index (χ4n) is 1.95. The first-order valence-corrected chi connectivity index (χ1v) is 6.85. The van der Waals surface area contributed by atoms with E-state index in [1.54, 1.807) is 0 Å². The second kappa shape index (κ2) is 7.43. The maximum absolute atomic E-state index is 11.6. The van der Waals surface area contributed by atoms with Gasteiger partial charge in [0.2, 0.25) is 5.91 Å². The van der Waals surface area contributed by atoms with E-state index in [1.807, 2.05) is 27.7 Å². The first kappa shape index (κ1) is 15.9. The van der Waals surface area contributed by atoms with E-state index in [2.05, 4.69) is 26.9 Å². The third-order valence-electron chi connectivity index (χ3n) is 2.82. The van der Waals surface area contributed by atoms with Gasteiger partial charge in [0.25, 0.3) is 0 Å². The number of nitriles is 1. The number of hydrogen-bond acceptors (Lipinski definition) is 5. The SMILES string of the molecule is CCc1nnc(NCC(=O)NC(C)C)c(C#N)c1CC. The molecule has 0 radical (unpaired) electrons. The van der Waals surface area contributed by atoms with Crippen LogP contribution >= 0.6 is 0 Å². The van der Waals surface area contributed by atoms with Crippen LogP contribution in [0.2, 0.25) is 0 Å². The van der Waals surface area contributed by atoms with Crippen LogP contribution < -0.4 is 10.6 Å². The van der Waals surface area contributed by atoms with E-state index < -0.39 is 0 Å². The van der Waals surface area contributed by atoms with Crippen molar-refractivity contribution in [3.8, 4) is 6.07 Å². The summed E-state index contributed by atoms with van der Waals surface area (Å²) in [5, 5.41) is 23.1. The van der Waals surface area contributed by atoms with Crippen LogP contribution in [-0.4, -0.2) is 28.7 Å². The fraction of sp³-hybridized carbons (Fsp3) is 0.571. The van der Waals surface area contributed by atoms with Crippen molar-refractivity contribution >= 4 is 11.7 Å². The maximum atomic E-state index is 11.6. The van der Waals surface area contributed by atoms with Crippen LogP contribution in [0.1, 0.15) is 44.5 Å². The number of amides is 1. The number of aromatic nitrogens is 2. The molecule has 0 bridgehead atoms. The lowest BCUT2D eigenvalue weighted by Crippen LogP contribution is -2.35. The van der Waals surface area contributed by atoms with E-state index in [0.717, 1.165) is 17.7 Å². The van der Waals surface area contributed by atoms with Gasteiger partial charge in [-0.3, -0.25) is 4.79 Å². The van der Waals surface area contributed by atoms with E-state index in [-0.39, 0.29) is 18.5 Å². The fourth-order valence-corrected chi connectivity index (χ4v) is 1.95. The number of rotatable bonds is 6. The number of carbonyl (C=O) groups excluding carboxylic acids is 1. The van der Waals surface area contributed by atoms with E-state index in [1.165, 1.54) is 0 Å². The third-order valence-corrected chi connectivity index (χ3v) is 2.82. The summed E-state index contributed by atoms with van der Waals surface area (Å²) in [5.41, 5.74) is 2.22. The van der Waals surface area contributed by atoms with Gasteiger partial charge in [-0.05, 0) is 32.3 Å². The largest absolute Gasteiger partial charge is 0.358 e. The molecule has 2 N–H and O–H groups in total. The molecular formula is C14H21N5O. The van der Waals surface area contributed by atoms with E-state index in [4.69, 9.17) is 0 Å². The van der Waals surface area contributed by atoms with Crippen LogP contribution in [0.15, 0.2) is 0 Å². The molecule has 6 nitrogen and oxygen atoms in total. The quantitative estimate of drug-likeness (QED) is 0.819. The number of nitrogens with one attached hydrogen (secondary N) is 2. The summed E-state index contributed by atoms with van der Waals surface area (Å²) in [7, 11) is 0. The minimum absolute atomic E-state index is 0.0795. The van der Waals surface area contributed by atoms with Gasteiger partial charge in [-0.25, -0.2) is 0 Å². The lowest BCUT2D eigenvalue weighted by Gasteiger charge is -2.13. The molecule has 0 saturated carbocycles. The topological polar surface area (TPSA) is 90.7 Å². The van der Waals surface area contributed by atoms with Crippen molar-refractivity contribution in [2.24, 2.45) is 0 Å². The van der Waals surface area contributed by atoms with Gasteiger partial charge in [0.15, 0.2) is 5.82 Å². The van der Waals surface area contributed by atoms with Crippen molar-refractivity contribution in [1.29, 1.82) is 5.26 Å². The van der Waals surface area contributed by atoms with Gasteiger partial charge >= 0.3 is 0 Å². The molecule has 1 aromatic heterocycles. The summed E-state index contributed by atoms with van der Waals surface area (Å²) < 4.78 is 0. The van der Waals surface area contributed by atoms with Crippen LogP contribution in [0.25, 0.3) is 0 Å². The van der Waals surface area contributed by atoms with Gasteiger partial charge in [0.1, 0.15) is 11.6 Å². The summed E-state index contributed by atoms with van der Waals surface area (Å²) in [5.74, 6) is 0.240. The zero-order valence-corrected chi connectivity index (χ0v) is 12.4. The van der Waals surface area contributed by atoms with Crippen molar-refractivity contribution in [3.05, 3.63) is 16.8 Å². The minimum Gasteiger partial charge on any atom is -0.358 e. The summed E-state index contributed by atoms with van der Waals surface area (Å²) in [6, 6.07) is 2.24. The lowest BCUT2D eigenvalue weighted by molar-refractivity contribution is -0.119. The number of nitrogens with zero attached hydrogens (tertiary/aromatic N) is 3. The van der Waals surface area contributed by atoms with Gasteiger partial charge in [0.05, 0.1) is 12.2 Å². The highest BCUT2D eigenvalue weighted by Gasteiger charge is 2.14. The summed E-state index contributed by atoms with van der Waals surface area (Å²) in [4.78, 5) is 11.6. The van der Waals surface area contributed by atoms with Crippen molar-refractivity contribution < 1.29 is 4.79 Å². The predicted octanol–water partition coefficient (Wildman–Crippen LogP) is 1.41. The highest BCUT2D eigenvalue weighted by atomic mass is 16.1. The first-order valence-electron chi connectivity index (χ1n) is 6.85. The Labute approximate surface area is 119 Å². The first-order chi connectivity index (χ1) is 9.53. The van der Waals surface area contributed by atoms with Crippen LogP contribution in [0, 0.1) is 11.3 Å². The number of hydrogen-bond donors (Lipinski definition) is 2. The summed E-state index contributed by atoms with van der Waals surface area (Å²) >= 11 is 0. The van der Waals surface area contributed by atoms with Gasteiger partial charge in [-0.2, -0.15) is 10.4 Å². The zero-order valence-electron chi connectivity index (χ0n) is 12.4. The molecule has 1 rings (SSSR count). The van der Waals surface area contributed by atoms with Gasteiger partial charge in [-0.1, -0.05) is 13.8 Å². The lowest BCUT2D eigenvalue weighted by atomic mass is 10.0. The molecule has 0 aliphatic heterocycles. The van der Waals surface area contributed by atoms with Gasteiger partial charge in [0, 0.05) is 6.04 Å². The highest BCUT2D eigenvalue weighted by molar-refractivity contribution is 5.81. The van der Waals surface area contributed by atoms with Crippen molar-refractivity contribution in [2.75, 3.05) is 11.9 Å². The molecule has 1 amide bonds. The molecule has 0 unspecified atom stereocenters. The molecule has 0 saturated heterocycles. The van der Waals surface area contributed by atoms with Gasteiger partial charge < -0.3 is 10.6 Å². The van der Waals surface area contributed by atoms with Crippen LogP contribution in [0.4, 0.5) is 5.82 Å². The highest BCUT2D eigenvalue weighted by Crippen LogP contribution is 2.19. The molecule has 20 heavy (non-hydrogen) atoms. The maximum Gasteiger partial charge on any atom is 0.239 e. The molecule has 108 valence electrons. The second-order valence-electron chi connectivity index (χ2n) is 4.74. The normalized spacial score (nSPS) is 10.2. The molecule has 1 heterocycles.